The fraction of sp³-hybridized carbons (Fsp3) is 0.923. The highest BCUT2D eigenvalue weighted by Gasteiger charge is 2.31. The first-order chi connectivity index (χ1) is 7.34. The Labute approximate surface area is 99.6 Å². The van der Waals surface area contributed by atoms with Crippen molar-refractivity contribution < 1.29 is 4.79 Å². The third-order valence-corrected chi connectivity index (χ3v) is 3.83. The molecule has 0 saturated carbocycles. The molecular formula is C13H26N2O. The van der Waals surface area contributed by atoms with Gasteiger partial charge in [-0.05, 0) is 31.7 Å². The van der Waals surface area contributed by atoms with Gasteiger partial charge in [0.05, 0.1) is 5.92 Å². The van der Waals surface area contributed by atoms with E-state index in [2.05, 4.69) is 33.0 Å². The zero-order chi connectivity index (χ0) is 12.3. The fourth-order valence-electron chi connectivity index (χ4n) is 2.12. The summed E-state index contributed by atoms with van der Waals surface area (Å²) in [6.07, 6.45) is 2.15. The Morgan fingerprint density at radius 1 is 1.44 bits per heavy atom. The van der Waals surface area contributed by atoms with Crippen LogP contribution >= 0.6 is 0 Å². The summed E-state index contributed by atoms with van der Waals surface area (Å²) in [4.78, 5) is 14.2. The largest absolute Gasteiger partial charge is 0.342 e. The van der Waals surface area contributed by atoms with E-state index in [1.54, 1.807) is 0 Å². The predicted molar refractivity (Wildman–Crippen MR) is 67.3 cm³/mol. The normalized spacial score (nSPS) is 23.9. The first kappa shape index (κ1) is 13.5. The molecule has 1 aliphatic rings. The maximum Gasteiger partial charge on any atom is 0.226 e. The summed E-state index contributed by atoms with van der Waals surface area (Å²) < 4.78 is 0. The number of nitrogens with one attached hydrogen (secondary N) is 1. The van der Waals surface area contributed by atoms with Crippen molar-refractivity contribution >= 4 is 5.91 Å². The molecular weight excluding hydrogens is 200 g/mol. The Bertz CT molecular complexity index is 239. The van der Waals surface area contributed by atoms with Crippen LogP contribution in [-0.2, 0) is 4.79 Å². The van der Waals surface area contributed by atoms with Crippen LogP contribution in [0.15, 0.2) is 0 Å². The van der Waals surface area contributed by atoms with Gasteiger partial charge >= 0.3 is 0 Å². The van der Waals surface area contributed by atoms with Crippen molar-refractivity contribution in [3.63, 3.8) is 0 Å². The van der Waals surface area contributed by atoms with Gasteiger partial charge in [0.15, 0.2) is 0 Å². The summed E-state index contributed by atoms with van der Waals surface area (Å²) in [7, 11) is 1.94. The Hall–Kier alpha value is -0.570. The summed E-state index contributed by atoms with van der Waals surface area (Å²) in [6, 6.07) is 0.280. The van der Waals surface area contributed by atoms with Crippen molar-refractivity contribution in [1.29, 1.82) is 0 Å². The number of hydrogen-bond donors (Lipinski definition) is 1. The van der Waals surface area contributed by atoms with Crippen LogP contribution in [0.3, 0.4) is 0 Å². The molecule has 94 valence electrons. The molecule has 1 N–H and O–H groups in total. The average Bonchev–Trinajstić information content (AvgIpc) is 2.26. The lowest BCUT2D eigenvalue weighted by Gasteiger charge is -2.38. The van der Waals surface area contributed by atoms with Crippen molar-refractivity contribution in [2.75, 3.05) is 20.1 Å². The van der Waals surface area contributed by atoms with Gasteiger partial charge in [0, 0.05) is 19.6 Å². The van der Waals surface area contributed by atoms with Crippen molar-refractivity contribution in [1.82, 2.24) is 10.2 Å². The van der Waals surface area contributed by atoms with Gasteiger partial charge in [0.2, 0.25) is 5.91 Å². The standard InChI is InChI=1S/C13H26N2O/c1-10(13(2,3)4)15(5)12(16)11-7-6-8-14-9-11/h10-11,14H,6-9H2,1-5H3/t10?,11-/m0/s1. The lowest BCUT2D eigenvalue weighted by atomic mass is 9.86. The van der Waals surface area contributed by atoms with Gasteiger partial charge in [-0.3, -0.25) is 4.79 Å². The summed E-state index contributed by atoms with van der Waals surface area (Å²) in [5, 5.41) is 3.30. The maximum atomic E-state index is 12.3. The molecule has 1 aliphatic heterocycles. The number of piperidine rings is 1. The van der Waals surface area contributed by atoms with Crippen molar-refractivity contribution in [2.24, 2.45) is 11.3 Å². The average molecular weight is 226 g/mol. The molecule has 1 heterocycles. The van der Waals surface area contributed by atoms with Crippen LogP contribution in [0.5, 0.6) is 0 Å². The summed E-state index contributed by atoms with van der Waals surface area (Å²) >= 11 is 0. The SMILES string of the molecule is CC(N(C)C(=O)[C@H]1CCCNC1)C(C)(C)C. The Balaban J connectivity index is 2.58. The first-order valence-electron chi connectivity index (χ1n) is 6.31. The zero-order valence-corrected chi connectivity index (χ0v) is 11.3. The van der Waals surface area contributed by atoms with Crippen LogP contribution in [0, 0.1) is 11.3 Å². The molecule has 1 rings (SSSR count). The van der Waals surface area contributed by atoms with E-state index in [1.807, 2.05) is 11.9 Å². The molecule has 1 saturated heterocycles. The number of rotatable bonds is 2. The van der Waals surface area contributed by atoms with Gasteiger partial charge in [-0.1, -0.05) is 20.8 Å². The van der Waals surface area contributed by atoms with Gasteiger partial charge in [-0.2, -0.15) is 0 Å². The lowest BCUT2D eigenvalue weighted by Crippen LogP contribution is -2.48. The predicted octanol–water partition coefficient (Wildman–Crippen LogP) is 1.88. The van der Waals surface area contributed by atoms with Crippen molar-refractivity contribution in [3.8, 4) is 0 Å². The summed E-state index contributed by atoms with van der Waals surface area (Å²) in [5.41, 5.74) is 0.145. The summed E-state index contributed by atoms with van der Waals surface area (Å²) in [5.74, 6) is 0.484. The second kappa shape index (κ2) is 5.17. The monoisotopic (exact) mass is 226 g/mol. The van der Waals surface area contributed by atoms with Crippen molar-refractivity contribution in [2.45, 2.75) is 46.6 Å². The van der Waals surface area contributed by atoms with Gasteiger partial charge < -0.3 is 10.2 Å². The molecule has 1 fully saturated rings. The lowest BCUT2D eigenvalue weighted by molar-refractivity contribution is -0.138. The molecule has 0 aromatic carbocycles. The highest BCUT2D eigenvalue weighted by Crippen LogP contribution is 2.25. The molecule has 3 heteroatoms. The molecule has 1 unspecified atom stereocenters. The number of amides is 1. The molecule has 0 aromatic heterocycles. The second-order valence-electron chi connectivity index (χ2n) is 6.03. The molecule has 1 amide bonds. The van der Waals surface area contributed by atoms with Crippen LogP contribution < -0.4 is 5.32 Å². The third kappa shape index (κ3) is 3.21. The van der Waals surface area contributed by atoms with E-state index in [-0.39, 0.29) is 17.4 Å². The Kier molecular flexibility index (Phi) is 4.36. The molecule has 0 spiro atoms. The highest BCUT2D eigenvalue weighted by molar-refractivity contribution is 5.79. The molecule has 0 radical (unpaired) electrons. The summed E-state index contributed by atoms with van der Waals surface area (Å²) in [6.45, 7) is 10.6. The smallest absolute Gasteiger partial charge is 0.226 e. The molecule has 16 heavy (non-hydrogen) atoms. The minimum absolute atomic E-state index is 0.145. The molecule has 0 aromatic rings. The molecule has 3 nitrogen and oxygen atoms in total. The van der Waals surface area contributed by atoms with Gasteiger partial charge in [0.25, 0.3) is 0 Å². The number of nitrogens with zero attached hydrogens (tertiary/aromatic N) is 1. The van der Waals surface area contributed by atoms with E-state index in [1.165, 1.54) is 0 Å². The van der Waals surface area contributed by atoms with E-state index < -0.39 is 0 Å². The number of carbonyl (C=O) groups excluding carboxylic acids is 1. The van der Waals surface area contributed by atoms with Crippen molar-refractivity contribution in [3.05, 3.63) is 0 Å². The molecule has 0 aliphatic carbocycles. The maximum absolute atomic E-state index is 12.3. The minimum Gasteiger partial charge on any atom is -0.342 e. The van der Waals surface area contributed by atoms with E-state index in [4.69, 9.17) is 0 Å². The molecule has 2 atom stereocenters. The first-order valence-corrected chi connectivity index (χ1v) is 6.31. The van der Waals surface area contributed by atoms with E-state index in [9.17, 15) is 4.79 Å². The van der Waals surface area contributed by atoms with Crippen LogP contribution in [0.25, 0.3) is 0 Å². The zero-order valence-electron chi connectivity index (χ0n) is 11.3. The van der Waals surface area contributed by atoms with Crippen LogP contribution in [0.4, 0.5) is 0 Å². The van der Waals surface area contributed by atoms with E-state index in [0.29, 0.717) is 5.91 Å². The molecule has 0 bridgehead atoms. The number of carbonyl (C=O) groups is 1. The highest BCUT2D eigenvalue weighted by atomic mass is 16.2. The van der Waals surface area contributed by atoms with Crippen LogP contribution in [0.2, 0.25) is 0 Å². The van der Waals surface area contributed by atoms with Crippen LogP contribution in [0.1, 0.15) is 40.5 Å². The Morgan fingerprint density at radius 3 is 2.50 bits per heavy atom. The Morgan fingerprint density at radius 2 is 2.06 bits per heavy atom. The number of hydrogen-bond acceptors (Lipinski definition) is 2. The van der Waals surface area contributed by atoms with E-state index >= 15 is 0 Å². The third-order valence-electron chi connectivity index (χ3n) is 3.83. The minimum atomic E-state index is 0.145. The second-order valence-corrected chi connectivity index (χ2v) is 6.03. The van der Waals surface area contributed by atoms with Gasteiger partial charge in [-0.15, -0.1) is 0 Å². The quantitative estimate of drug-likeness (QED) is 0.779. The van der Waals surface area contributed by atoms with Gasteiger partial charge in [0.1, 0.15) is 0 Å². The van der Waals surface area contributed by atoms with Gasteiger partial charge in [-0.25, -0.2) is 0 Å². The fourth-order valence-corrected chi connectivity index (χ4v) is 2.12. The topological polar surface area (TPSA) is 32.3 Å². The van der Waals surface area contributed by atoms with Crippen LogP contribution in [-0.4, -0.2) is 37.0 Å². The van der Waals surface area contributed by atoms with E-state index in [0.717, 1.165) is 25.9 Å².